The van der Waals surface area contributed by atoms with Gasteiger partial charge in [0.1, 0.15) is 5.75 Å². The number of benzene rings is 2. The number of carbonyl (C=O) groups excluding carboxylic acids is 1. The Morgan fingerprint density at radius 1 is 1.29 bits per heavy atom. The Balaban J connectivity index is 1.64. The van der Waals surface area contributed by atoms with Crippen LogP contribution in [0.3, 0.4) is 0 Å². The van der Waals surface area contributed by atoms with Crippen molar-refractivity contribution >= 4 is 23.2 Å². The summed E-state index contributed by atoms with van der Waals surface area (Å²) in [4.78, 5) is 14.6. The van der Waals surface area contributed by atoms with Gasteiger partial charge in [-0.15, -0.1) is 0 Å². The highest BCUT2D eigenvalue weighted by molar-refractivity contribution is 6.31. The van der Waals surface area contributed by atoms with Gasteiger partial charge in [-0.2, -0.15) is 5.10 Å². The van der Waals surface area contributed by atoms with Crippen molar-refractivity contribution in [2.75, 3.05) is 19.5 Å². The third-order valence-electron chi connectivity index (χ3n) is 4.55. The second-order valence-corrected chi connectivity index (χ2v) is 6.99. The first kappa shape index (κ1) is 19.9. The molecule has 0 saturated heterocycles. The molecule has 7 heteroatoms. The van der Waals surface area contributed by atoms with Gasteiger partial charge in [0.15, 0.2) is 0 Å². The summed E-state index contributed by atoms with van der Waals surface area (Å²) in [7, 11) is 3.46. The van der Waals surface area contributed by atoms with Crippen LogP contribution in [-0.2, 0) is 11.3 Å². The average molecular weight is 399 g/mol. The predicted octanol–water partition coefficient (Wildman–Crippen LogP) is 3.99. The lowest BCUT2D eigenvalue weighted by molar-refractivity contribution is -0.120. The van der Waals surface area contributed by atoms with Crippen LogP contribution in [0.25, 0.3) is 5.69 Å². The summed E-state index contributed by atoms with van der Waals surface area (Å²) in [6, 6.07) is 14.7. The fourth-order valence-corrected chi connectivity index (χ4v) is 2.98. The standard InChI is InChI=1S/C21H23ClN4O2/c1-15(21(27)24-19-11-17(22)9-10-20(19)28-3)25(2)13-16-12-23-26(14-16)18-7-5-4-6-8-18/h4-12,14-15H,13H2,1-3H3,(H,24,27). The van der Waals surface area contributed by atoms with Crippen molar-refractivity contribution in [3.8, 4) is 11.4 Å². The fourth-order valence-electron chi connectivity index (χ4n) is 2.80. The zero-order valence-corrected chi connectivity index (χ0v) is 16.8. The van der Waals surface area contributed by atoms with Crippen LogP contribution in [0.2, 0.25) is 5.02 Å². The SMILES string of the molecule is COc1ccc(Cl)cc1NC(=O)C(C)N(C)Cc1cnn(-c2ccccc2)c1. The number of nitrogens with one attached hydrogen (secondary N) is 1. The topological polar surface area (TPSA) is 59.4 Å². The van der Waals surface area contributed by atoms with Crippen LogP contribution in [0.5, 0.6) is 5.75 Å². The van der Waals surface area contributed by atoms with Crippen molar-refractivity contribution in [1.82, 2.24) is 14.7 Å². The highest BCUT2D eigenvalue weighted by Gasteiger charge is 2.20. The number of likely N-dealkylation sites (N-methyl/N-ethyl adjacent to an activating group) is 1. The zero-order chi connectivity index (χ0) is 20.1. The molecule has 2 aromatic carbocycles. The van der Waals surface area contributed by atoms with Crippen molar-refractivity contribution in [2.45, 2.75) is 19.5 Å². The summed E-state index contributed by atoms with van der Waals surface area (Å²) in [6.45, 7) is 2.45. The first-order valence-corrected chi connectivity index (χ1v) is 9.29. The lowest BCUT2D eigenvalue weighted by Crippen LogP contribution is -2.39. The monoisotopic (exact) mass is 398 g/mol. The highest BCUT2D eigenvalue weighted by atomic mass is 35.5. The number of methoxy groups -OCH3 is 1. The third kappa shape index (κ3) is 4.71. The number of rotatable bonds is 7. The molecule has 0 radical (unpaired) electrons. The van der Waals surface area contributed by atoms with E-state index < -0.39 is 0 Å². The summed E-state index contributed by atoms with van der Waals surface area (Å²) < 4.78 is 7.11. The average Bonchev–Trinajstić information content (AvgIpc) is 3.16. The van der Waals surface area contributed by atoms with Gasteiger partial charge in [0.25, 0.3) is 0 Å². The van der Waals surface area contributed by atoms with Crippen molar-refractivity contribution in [2.24, 2.45) is 0 Å². The molecule has 1 amide bonds. The molecule has 146 valence electrons. The molecule has 0 bridgehead atoms. The second-order valence-electron chi connectivity index (χ2n) is 6.55. The van der Waals surface area contributed by atoms with Crippen LogP contribution < -0.4 is 10.1 Å². The Morgan fingerprint density at radius 2 is 2.04 bits per heavy atom. The molecule has 1 N–H and O–H groups in total. The molecular formula is C21H23ClN4O2. The van der Waals surface area contributed by atoms with Crippen LogP contribution in [0.15, 0.2) is 60.9 Å². The van der Waals surface area contributed by atoms with E-state index >= 15 is 0 Å². The van der Waals surface area contributed by atoms with Gasteiger partial charge in [0.2, 0.25) is 5.91 Å². The molecule has 1 atom stereocenters. The van der Waals surface area contributed by atoms with Crippen LogP contribution in [0.1, 0.15) is 12.5 Å². The summed E-state index contributed by atoms with van der Waals surface area (Å²) in [6.07, 6.45) is 3.78. The molecule has 3 aromatic rings. The van der Waals surface area contributed by atoms with E-state index in [9.17, 15) is 4.79 Å². The number of para-hydroxylation sites is 1. The Bertz CT molecular complexity index is 943. The van der Waals surface area contributed by atoms with Gasteiger partial charge in [0.05, 0.1) is 30.7 Å². The minimum absolute atomic E-state index is 0.140. The molecule has 0 fully saturated rings. The number of nitrogens with zero attached hydrogens (tertiary/aromatic N) is 3. The quantitative estimate of drug-likeness (QED) is 0.653. The first-order valence-electron chi connectivity index (χ1n) is 8.91. The number of hydrogen-bond donors (Lipinski definition) is 1. The lowest BCUT2D eigenvalue weighted by atomic mass is 10.2. The predicted molar refractivity (Wildman–Crippen MR) is 111 cm³/mol. The summed E-state index contributed by atoms with van der Waals surface area (Å²) in [5.74, 6) is 0.426. The van der Waals surface area contributed by atoms with Gasteiger partial charge < -0.3 is 10.1 Å². The van der Waals surface area contributed by atoms with Gasteiger partial charge in [-0.1, -0.05) is 29.8 Å². The van der Waals surface area contributed by atoms with Crippen molar-refractivity contribution in [3.63, 3.8) is 0 Å². The smallest absolute Gasteiger partial charge is 0.241 e. The normalized spacial score (nSPS) is 12.0. The number of hydrogen-bond acceptors (Lipinski definition) is 4. The molecule has 6 nitrogen and oxygen atoms in total. The second kappa shape index (κ2) is 8.91. The highest BCUT2D eigenvalue weighted by Crippen LogP contribution is 2.28. The van der Waals surface area contributed by atoms with Crippen LogP contribution in [-0.4, -0.2) is 40.8 Å². The van der Waals surface area contributed by atoms with Gasteiger partial charge in [-0.05, 0) is 44.3 Å². The maximum Gasteiger partial charge on any atom is 0.241 e. The van der Waals surface area contributed by atoms with Crippen LogP contribution in [0.4, 0.5) is 5.69 Å². The minimum atomic E-state index is -0.358. The molecule has 0 aliphatic rings. The number of carbonyl (C=O) groups is 1. The van der Waals surface area contributed by atoms with Crippen molar-refractivity contribution in [3.05, 3.63) is 71.5 Å². The van der Waals surface area contributed by atoms with E-state index in [1.165, 1.54) is 0 Å². The summed E-state index contributed by atoms with van der Waals surface area (Å²) in [5, 5.41) is 7.82. The van der Waals surface area contributed by atoms with Crippen molar-refractivity contribution < 1.29 is 9.53 Å². The number of amides is 1. The number of ether oxygens (including phenoxy) is 1. The van der Waals surface area contributed by atoms with E-state index in [-0.39, 0.29) is 11.9 Å². The molecular weight excluding hydrogens is 376 g/mol. The van der Waals surface area contributed by atoms with E-state index in [2.05, 4.69) is 10.4 Å². The van der Waals surface area contributed by atoms with Crippen LogP contribution >= 0.6 is 11.6 Å². The number of halogens is 1. The Morgan fingerprint density at radius 3 is 2.75 bits per heavy atom. The minimum Gasteiger partial charge on any atom is -0.495 e. The molecule has 0 spiro atoms. The maximum absolute atomic E-state index is 12.7. The molecule has 1 heterocycles. The molecule has 1 unspecified atom stereocenters. The van der Waals surface area contributed by atoms with Gasteiger partial charge >= 0.3 is 0 Å². The van der Waals surface area contributed by atoms with E-state index in [1.54, 1.807) is 25.3 Å². The molecule has 1 aromatic heterocycles. The summed E-state index contributed by atoms with van der Waals surface area (Å²) in [5.41, 5.74) is 2.57. The van der Waals surface area contributed by atoms with E-state index in [0.29, 0.717) is 23.0 Å². The third-order valence-corrected chi connectivity index (χ3v) is 4.78. The Hall–Kier alpha value is -2.83. The number of anilines is 1. The molecule has 0 saturated carbocycles. The van der Waals surface area contributed by atoms with E-state index in [1.807, 2.05) is 66.3 Å². The van der Waals surface area contributed by atoms with Gasteiger partial charge in [-0.25, -0.2) is 4.68 Å². The molecule has 0 aliphatic heterocycles. The maximum atomic E-state index is 12.7. The van der Waals surface area contributed by atoms with Gasteiger partial charge in [-0.3, -0.25) is 9.69 Å². The summed E-state index contributed by atoms with van der Waals surface area (Å²) >= 11 is 6.03. The van der Waals surface area contributed by atoms with Crippen LogP contribution in [0, 0.1) is 0 Å². The largest absolute Gasteiger partial charge is 0.495 e. The Kier molecular flexibility index (Phi) is 6.34. The zero-order valence-electron chi connectivity index (χ0n) is 16.1. The van der Waals surface area contributed by atoms with E-state index in [0.717, 1.165) is 11.3 Å². The fraction of sp³-hybridized carbons (Fsp3) is 0.238. The first-order chi connectivity index (χ1) is 13.5. The number of aromatic nitrogens is 2. The lowest BCUT2D eigenvalue weighted by Gasteiger charge is -2.23. The molecule has 28 heavy (non-hydrogen) atoms. The van der Waals surface area contributed by atoms with E-state index in [4.69, 9.17) is 16.3 Å². The van der Waals surface area contributed by atoms with Crippen molar-refractivity contribution in [1.29, 1.82) is 0 Å². The molecule has 3 rings (SSSR count). The Labute approximate surface area is 169 Å². The van der Waals surface area contributed by atoms with Gasteiger partial charge in [0, 0.05) is 23.3 Å². The molecule has 0 aliphatic carbocycles.